The molecule has 1 aliphatic rings. The molecule has 0 aromatic heterocycles. The lowest BCUT2D eigenvalue weighted by Gasteiger charge is -2.41. The first kappa shape index (κ1) is 19.4. The molecule has 0 radical (unpaired) electrons. The van der Waals surface area contributed by atoms with Crippen LogP contribution >= 0.6 is 0 Å². The molecule has 1 rings (SSSR count). The number of carbonyl (C=O) groups excluding carboxylic acids is 1. The second-order valence-corrected chi connectivity index (χ2v) is 5.16. The molecule has 22 heavy (non-hydrogen) atoms. The molecule has 0 aromatic carbocycles. The van der Waals surface area contributed by atoms with Gasteiger partial charge in [0, 0.05) is 0 Å². The van der Waals surface area contributed by atoms with E-state index < -0.39 is 61.7 Å². The molecule has 130 valence electrons. The third kappa shape index (κ3) is 4.19. The number of aliphatic hydroxyl groups is 7. The summed E-state index contributed by atoms with van der Waals surface area (Å²) in [4.78, 5) is 10.5. The number of aldehydes is 1. The van der Waals surface area contributed by atoms with Crippen molar-refractivity contribution in [3.05, 3.63) is 0 Å². The molecule has 1 aliphatic heterocycles. The van der Waals surface area contributed by atoms with Crippen LogP contribution in [0.25, 0.3) is 0 Å². The van der Waals surface area contributed by atoms with Gasteiger partial charge in [0.2, 0.25) is 0 Å². The predicted molar refractivity (Wildman–Crippen MR) is 68.4 cm³/mol. The number of hydrogen-bond donors (Lipinski definition) is 7. The van der Waals surface area contributed by atoms with Gasteiger partial charge in [0.1, 0.15) is 42.7 Å². The first-order chi connectivity index (χ1) is 10.2. The van der Waals surface area contributed by atoms with Crippen molar-refractivity contribution < 1.29 is 50.0 Å². The zero-order valence-corrected chi connectivity index (χ0v) is 11.8. The fourth-order valence-electron chi connectivity index (χ4n) is 2.09. The monoisotopic (exact) mass is 326 g/mol. The van der Waals surface area contributed by atoms with Crippen LogP contribution in [-0.2, 0) is 14.3 Å². The smallest absolute Gasteiger partial charge is 0.187 e. The van der Waals surface area contributed by atoms with Gasteiger partial charge in [-0.25, -0.2) is 0 Å². The largest absolute Gasteiger partial charge is 0.394 e. The van der Waals surface area contributed by atoms with Crippen LogP contribution < -0.4 is 0 Å². The summed E-state index contributed by atoms with van der Waals surface area (Å²) in [6, 6.07) is 0. The van der Waals surface area contributed by atoms with Gasteiger partial charge in [0.15, 0.2) is 12.6 Å². The number of aliphatic hydroxyl groups excluding tert-OH is 7. The second-order valence-electron chi connectivity index (χ2n) is 5.16. The van der Waals surface area contributed by atoms with E-state index in [1.165, 1.54) is 6.92 Å². The maximum atomic E-state index is 10.5. The van der Waals surface area contributed by atoms with Gasteiger partial charge in [0.05, 0.1) is 12.7 Å². The van der Waals surface area contributed by atoms with Gasteiger partial charge < -0.3 is 50.0 Å². The van der Waals surface area contributed by atoms with E-state index in [9.17, 15) is 35.4 Å². The number of carbonyl (C=O) groups is 1. The van der Waals surface area contributed by atoms with Crippen LogP contribution in [0.4, 0.5) is 0 Å². The average Bonchev–Trinajstić information content (AvgIpc) is 2.50. The van der Waals surface area contributed by atoms with E-state index in [0.717, 1.165) is 0 Å². The van der Waals surface area contributed by atoms with Crippen molar-refractivity contribution in [1.82, 2.24) is 0 Å². The van der Waals surface area contributed by atoms with Crippen molar-refractivity contribution in [2.75, 3.05) is 6.61 Å². The highest BCUT2D eigenvalue weighted by molar-refractivity contribution is 5.56. The van der Waals surface area contributed by atoms with E-state index in [-0.39, 0.29) is 6.29 Å². The summed E-state index contributed by atoms with van der Waals surface area (Å²) in [7, 11) is 0. The number of ether oxygens (including phenoxy) is 2. The molecule has 1 heterocycles. The second kappa shape index (κ2) is 8.24. The quantitative estimate of drug-likeness (QED) is 0.225. The van der Waals surface area contributed by atoms with Crippen molar-refractivity contribution in [1.29, 1.82) is 0 Å². The molecule has 0 bridgehead atoms. The summed E-state index contributed by atoms with van der Waals surface area (Å²) >= 11 is 0. The highest BCUT2D eigenvalue weighted by atomic mass is 16.7. The lowest BCUT2D eigenvalue weighted by atomic mass is 9.98. The molecule has 1 fully saturated rings. The molecular formula is C12H22O10. The third-order valence-electron chi connectivity index (χ3n) is 3.44. The zero-order chi connectivity index (χ0) is 17.0. The fraction of sp³-hybridized carbons (Fsp3) is 0.917. The van der Waals surface area contributed by atoms with E-state index >= 15 is 0 Å². The van der Waals surface area contributed by atoms with Gasteiger partial charge in [-0.1, -0.05) is 0 Å². The Morgan fingerprint density at radius 3 is 2.18 bits per heavy atom. The minimum atomic E-state index is -1.84. The number of hydrogen-bond acceptors (Lipinski definition) is 10. The van der Waals surface area contributed by atoms with Crippen molar-refractivity contribution >= 4 is 6.29 Å². The Hall–Kier alpha value is -0.690. The summed E-state index contributed by atoms with van der Waals surface area (Å²) in [5.74, 6) is 0. The molecule has 0 saturated carbocycles. The molecule has 10 nitrogen and oxygen atoms in total. The van der Waals surface area contributed by atoms with E-state index in [2.05, 4.69) is 0 Å². The van der Waals surface area contributed by atoms with Crippen molar-refractivity contribution in [2.24, 2.45) is 0 Å². The van der Waals surface area contributed by atoms with Gasteiger partial charge in [-0.15, -0.1) is 0 Å². The molecule has 0 aromatic rings. The minimum Gasteiger partial charge on any atom is -0.394 e. The van der Waals surface area contributed by atoms with Crippen LogP contribution in [0.3, 0.4) is 0 Å². The molecule has 1 saturated heterocycles. The van der Waals surface area contributed by atoms with Crippen LogP contribution in [-0.4, -0.2) is 104 Å². The van der Waals surface area contributed by atoms with Gasteiger partial charge in [-0.3, -0.25) is 0 Å². The summed E-state index contributed by atoms with van der Waals surface area (Å²) in [5.41, 5.74) is 0. The van der Waals surface area contributed by atoms with E-state index in [1.54, 1.807) is 0 Å². The van der Waals surface area contributed by atoms with Crippen LogP contribution in [0.15, 0.2) is 0 Å². The fourth-order valence-corrected chi connectivity index (χ4v) is 2.09. The van der Waals surface area contributed by atoms with E-state index in [1.807, 2.05) is 0 Å². The maximum absolute atomic E-state index is 10.5. The molecular weight excluding hydrogens is 304 g/mol. The molecule has 0 spiro atoms. The summed E-state index contributed by atoms with van der Waals surface area (Å²) in [5, 5.41) is 66.7. The minimum absolute atomic E-state index is 0.0384. The average molecular weight is 326 g/mol. The first-order valence-electron chi connectivity index (χ1n) is 6.70. The number of rotatable bonds is 7. The topological polar surface area (TPSA) is 177 Å². The van der Waals surface area contributed by atoms with Crippen molar-refractivity contribution in [2.45, 2.75) is 62.0 Å². The molecule has 10 heteroatoms. The summed E-state index contributed by atoms with van der Waals surface area (Å²) in [6.07, 6.45) is -14.4. The summed E-state index contributed by atoms with van der Waals surface area (Å²) < 4.78 is 10.2. The van der Waals surface area contributed by atoms with Crippen LogP contribution in [0.2, 0.25) is 0 Å². The van der Waals surface area contributed by atoms with Gasteiger partial charge in [-0.2, -0.15) is 0 Å². The molecule has 9 atom stereocenters. The van der Waals surface area contributed by atoms with Crippen LogP contribution in [0.1, 0.15) is 6.92 Å². The highest BCUT2D eigenvalue weighted by Crippen LogP contribution is 2.24. The van der Waals surface area contributed by atoms with E-state index in [4.69, 9.17) is 14.6 Å². The standard InChI is InChI=1S/C12H22O10/c1-4(15)11(7(17)5(16)2-13)22-12-10(20)9(19)8(18)6(3-14)21-12/h2,4-12,14-20H,3H2,1H3/t4-,5-,6+,7-,8-,9-,10+,11-,12-/m0/s1. The van der Waals surface area contributed by atoms with Crippen LogP contribution in [0.5, 0.6) is 0 Å². The Bertz CT molecular complexity index is 349. The third-order valence-corrected chi connectivity index (χ3v) is 3.44. The lowest BCUT2D eigenvalue weighted by molar-refractivity contribution is -0.324. The Morgan fingerprint density at radius 2 is 1.73 bits per heavy atom. The van der Waals surface area contributed by atoms with Gasteiger partial charge >= 0.3 is 0 Å². The summed E-state index contributed by atoms with van der Waals surface area (Å²) in [6.45, 7) is 0.527. The Kier molecular flexibility index (Phi) is 7.25. The van der Waals surface area contributed by atoms with E-state index in [0.29, 0.717) is 0 Å². The molecule has 7 N–H and O–H groups in total. The maximum Gasteiger partial charge on any atom is 0.187 e. The SMILES string of the molecule is C[C@H](O)[C@H](O[C@@H]1O[C@H](CO)[C@H](O)[C@H](O)[C@H]1O)[C@@H](O)[C@@H](O)C=O. The van der Waals surface area contributed by atoms with Crippen molar-refractivity contribution in [3.8, 4) is 0 Å². The van der Waals surface area contributed by atoms with Crippen LogP contribution in [0, 0.1) is 0 Å². The van der Waals surface area contributed by atoms with Gasteiger partial charge in [-0.05, 0) is 6.92 Å². The normalized spacial score (nSPS) is 38.1. The van der Waals surface area contributed by atoms with Crippen molar-refractivity contribution in [3.63, 3.8) is 0 Å². The predicted octanol–water partition coefficient (Wildman–Crippen LogP) is -4.53. The lowest BCUT2D eigenvalue weighted by Crippen LogP contribution is -2.61. The first-order valence-corrected chi connectivity index (χ1v) is 6.70. The Balaban J connectivity index is 2.85. The highest BCUT2D eigenvalue weighted by Gasteiger charge is 2.46. The Morgan fingerprint density at radius 1 is 1.14 bits per heavy atom. The molecule has 0 unspecified atom stereocenters. The zero-order valence-electron chi connectivity index (χ0n) is 11.8. The molecule has 0 aliphatic carbocycles. The van der Waals surface area contributed by atoms with Gasteiger partial charge in [0.25, 0.3) is 0 Å². The Labute approximate surface area is 126 Å². The molecule has 0 amide bonds.